The van der Waals surface area contributed by atoms with E-state index in [1.54, 1.807) is 0 Å². The number of carbonyl (C=O) groups excluding carboxylic acids is 2. The van der Waals surface area contributed by atoms with Crippen molar-refractivity contribution in [3.05, 3.63) is 35.4 Å². The molecule has 0 aromatic heterocycles. The maximum absolute atomic E-state index is 12.1. The van der Waals surface area contributed by atoms with E-state index in [-0.39, 0.29) is 11.9 Å². The monoisotopic (exact) mass is 330 g/mol. The third-order valence-electron chi connectivity index (χ3n) is 4.97. The van der Waals surface area contributed by atoms with E-state index in [4.69, 9.17) is 0 Å². The fourth-order valence-electron chi connectivity index (χ4n) is 3.41. The summed E-state index contributed by atoms with van der Waals surface area (Å²) in [6.07, 6.45) is 3.83. The maximum Gasteiger partial charge on any atom is 0.315 e. The molecule has 2 heterocycles. The molecule has 1 aromatic rings. The lowest BCUT2D eigenvalue weighted by Gasteiger charge is -2.33. The lowest BCUT2D eigenvalue weighted by atomic mass is 10.0. The van der Waals surface area contributed by atoms with E-state index in [9.17, 15) is 9.59 Å². The highest BCUT2D eigenvalue weighted by molar-refractivity contribution is 5.90. The maximum atomic E-state index is 12.1. The molecule has 0 saturated carbocycles. The molecule has 3 N–H and O–H groups in total. The lowest BCUT2D eigenvalue weighted by molar-refractivity contribution is -0.122. The second-order valence-electron chi connectivity index (χ2n) is 6.71. The fraction of sp³-hybridized carbons (Fsp3) is 0.556. The van der Waals surface area contributed by atoms with Crippen LogP contribution in [0.3, 0.4) is 0 Å². The molecule has 2 aliphatic heterocycles. The summed E-state index contributed by atoms with van der Waals surface area (Å²) in [5.41, 5.74) is 2.40. The second kappa shape index (κ2) is 7.66. The molecule has 0 bridgehead atoms. The van der Waals surface area contributed by atoms with Crippen molar-refractivity contribution in [2.24, 2.45) is 0 Å². The van der Waals surface area contributed by atoms with Crippen LogP contribution in [-0.2, 0) is 17.9 Å². The van der Waals surface area contributed by atoms with Gasteiger partial charge in [-0.1, -0.05) is 30.7 Å². The summed E-state index contributed by atoms with van der Waals surface area (Å²) in [7, 11) is 0. The van der Waals surface area contributed by atoms with Gasteiger partial charge >= 0.3 is 6.03 Å². The van der Waals surface area contributed by atoms with Crippen LogP contribution >= 0.6 is 0 Å². The van der Waals surface area contributed by atoms with E-state index in [0.29, 0.717) is 19.1 Å². The van der Waals surface area contributed by atoms with Crippen LogP contribution in [0.1, 0.15) is 37.3 Å². The number of hydrogen-bond donors (Lipinski definition) is 3. The molecule has 0 spiro atoms. The summed E-state index contributed by atoms with van der Waals surface area (Å²) in [4.78, 5) is 25.8. The quantitative estimate of drug-likeness (QED) is 0.763. The largest absolute Gasteiger partial charge is 0.350 e. The molecule has 6 nitrogen and oxygen atoms in total. The number of urea groups is 1. The minimum atomic E-state index is -0.480. The molecular weight excluding hydrogens is 304 g/mol. The number of piperidine rings is 1. The van der Waals surface area contributed by atoms with Crippen molar-refractivity contribution < 1.29 is 9.59 Å². The number of nitrogens with zero attached hydrogens (tertiary/aromatic N) is 1. The lowest BCUT2D eigenvalue weighted by Crippen LogP contribution is -2.42. The van der Waals surface area contributed by atoms with Gasteiger partial charge in [0.05, 0.1) is 0 Å². The van der Waals surface area contributed by atoms with Gasteiger partial charge < -0.3 is 16.0 Å². The Morgan fingerprint density at radius 2 is 2.08 bits per heavy atom. The van der Waals surface area contributed by atoms with Gasteiger partial charge in [-0.05, 0) is 37.4 Å². The molecule has 2 saturated heterocycles. The van der Waals surface area contributed by atoms with Crippen LogP contribution < -0.4 is 16.0 Å². The minimum absolute atomic E-state index is 0.144. The predicted molar refractivity (Wildman–Crippen MR) is 92.3 cm³/mol. The van der Waals surface area contributed by atoms with Crippen molar-refractivity contribution in [3.8, 4) is 0 Å². The molecule has 1 aromatic carbocycles. The summed E-state index contributed by atoms with van der Waals surface area (Å²) in [5, 5.41) is 8.15. The predicted octanol–water partition coefficient (Wildman–Crippen LogP) is 1.36. The Morgan fingerprint density at radius 1 is 1.29 bits per heavy atom. The Hall–Kier alpha value is -2.08. The van der Waals surface area contributed by atoms with E-state index in [1.165, 1.54) is 24.8 Å². The minimum Gasteiger partial charge on any atom is -0.350 e. The first-order valence-corrected chi connectivity index (χ1v) is 8.76. The molecule has 0 unspecified atom stereocenters. The summed E-state index contributed by atoms with van der Waals surface area (Å²) >= 11 is 0. The zero-order chi connectivity index (χ0) is 16.9. The Bertz CT molecular complexity index is 604. The van der Waals surface area contributed by atoms with E-state index in [2.05, 4.69) is 46.0 Å². The molecule has 0 radical (unpaired) electrons. The normalized spacial score (nSPS) is 24.3. The Labute approximate surface area is 143 Å². The molecule has 2 aliphatic rings. The number of nitrogens with one attached hydrogen (secondary N) is 3. The number of rotatable bonds is 5. The van der Waals surface area contributed by atoms with Crippen molar-refractivity contribution in [2.45, 2.75) is 51.4 Å². The number of carbonyl (C=O) groups is 2. The van der Waals surface area contributed by atoms with Gasteiger partial charge in [-0.25, -0.2) is 4.79 Å². The third kappa shape index (κ3) is 4.06. The summed E-state index contributed by atoms with van der Waals surface area (Å²) in [5.74, 6) is -0.144. The first-order chi connectivity index (χ1) is 11.6. The van der Waals surface area contributed by atoms with E-state index >= 15 is 0 Å². The SMILES string of the molecule is C[C@H]1CCCCN1Cc1ccccc1CNC(=O)[C@H]1CNC(=O)N1. The summed E-state index contributed by atoms with van der Waals surface area (Å²) in [6, 6.07) is 8.11. The van der Waals surface area contributed by atoms with Crippen LogP contribution in [0.4, 0.5) is 4.79 Å². The van der Waals surface area contributed by atoms with E-state index in [0.717, 1.165) is 18.7 Å². The average molecular weight is 330 g/mol. The molecule has 24 heavy (non-hydrogen) atoms. The van der Waals surface area contributed by atoms with Crippen molar-refractivity contribution in [3.63, 3.8) is 0 Å². The van der Waals surface area contributed by atoms with E-state index < -0.39 is 6.04 Å². The van der Waals surface area contributed by atoms with Crippen molar-refractivity contribution in [1.82, 2.24) is 20.9 Å². The van der Waals surface area contributed by atoms with Gasteiger partial charge in [0.25, 0.3) is 0 Å². The first kappa shape index (κ1) is 16.8. The van der Waals surface area contributed by atoms with Crippen LogP contribution in [0.2, 0.25) is 0 Å². The highest BCUT2D eigenvalue weighted by Crippen LogP contribution is 2.20. The van der Waals surface area contributed by atoms with Gasteiger partial charge in [-0.3, -0.25) is 9.69 Å². The van der Waals surface area contributed by atoms with Crippen molar-refractivity contribution in [2.75, 3.05) is 13.1 Å². The molecule has 0 aliphatic carbocycles. The van der Waals surface area contributed by atoms with Gasteiger partial charge in [-0.15, -0.1) is 0 Å². The van der Waals surface area contributed by atoms with Crippen LogP contribution in [-0.4, -0.2) is 42.0 Å². The highest BCUT2D eigenvalue weighted by Gasteiger charge is 2.26. The third-order valence-corrected chi connectivity index (χ3v) is 4.97. The summed E-state index contributed by atoms with van der Waals surface area (Å²) in [6.45, 7) is 5.19. The van der Waals surface area contributed by atoms with Gasteiger partial charge in [0, 0.05) is 25.7 Å². The summed E-state index contributed by atoms with van der Waals surface area (Å²) < 4.78 is 0. The number of likely N-dealkylation sites (tertiary alicyclic amines) is 1. The van der Waals surface area contributed by atoms with Crippen LogP contribution in [0.15, 0.2) is 24.3 Å². The fourth-order valence-corrected chi connectivity index (χ4v) is 3.41. The van der Waals surface area contributed by atoms with Gasteiger partial charge in [-0.2, -0.15) is 0 Å². The Kier molecular flexibility index (Phi) is 5.35. The van der Waals surface area contributed by atoms with Crippen LogP contribution in [0, 0.1) is 0 Å². The first-order valence-electron chi connectivity index (χ1n) is 8.76. The molecule has 6 heteroatoms. The highest BCUT2D eigenvalue weighted by atomic mass is 16.2. The molecule has 2 fully saturated rings. The molecule has 2 atom stereocenters. The molecule has 130 valence electrons. The topological polar surface area (TPSA) is 73.5 Å². The number of benzene rings is 1. The average Bonchev–Trinajstić information content (AvgIpc) is 3.02. The second-order valence-corrected chi connectivity index (χ2v) is 6.71. The van der Waals surface area contributed by atoms with Crippen LogP contribution in [0.5, 0.6) is 0 Å². The Balaban J connectivity index is 1.59. The molecular formula is C18H26N4O2. The van der Waals surface area contributed by atoms with Crippen molar-refractivity contribution in [1.29, 1.82) is 0 Å². The zero-order valence-electron chi connectivity index (χ0n) is 14.2. The zero-order valence-corrected chi connectivity index (χ0v) is 14.2. The standard InChI is InChI=1S/C18H26N4O2/c1-13-6-4-5-9-22(13)12-15-8-3-2-7-14(15)10-19-17(23)16-11-20-18(24)21-16/h2-3,7-8,13,16H,4-6,9-12H2,1H3,(H,19,23)(H2,20,21,24)/t13-,16+/m0/s1. The van der Waals surface area contributed by atoms with Crippen molar-refractivity contribution >= 4 is 11.9 Å². The number of hydrogen-bond acceptors (Lipinski definition) is 3. The number of amides is 3. The van der Waals surface area contributed by atoms with Gasteiger partial charge in [0.2, 0.25) is 5.91 Å². The van der Waals surface area contributed by atoms with E-state index in [1.807, 2.05) is 6.07 Å². The molecule has 3 rings (SSSR count). The van der Waals surface area contributed by atoms with Gasteiger partial charge in [0.15, 0.2) is 0 Å². The van der Waals surface area contributed by atoms with Gasteiger partial charge in [0.1, 0.15) is 6.04 Å². The molecule has 3 amide bonds. The van der Waals surface area contributed by atoms with Crippen LogP contribution in [0.25, 0.3) is 0 Å². The Morgan fingerprint density at radius 3 is 2.79 bits per heavy atom. The smallest absolute Gasteiger partial charge is 0.315 e.